The maximum Gasteiger partial charge on any atom is 0.332 e. The molecule has 80 valence electrons. The molecule has 1 unspecified atom stereocenters. The van der Waals surface area contributed by atoms with Crippen molar-refractivity contribution in [2.45, 2.75) is 19.4 Å². The predicted molar refractivity (Wildman–Crippen MR) is 58.5 cm³/mol. The van der Waals surface area contributed by atoms with E-state index in [9.17, 15) is 9.90 Å². The zero-order valence-electron chi connectivity index (χ0n) is 8.60. The van der Waals surface area contributed by atoms with E-state index in [0.717, 1.165) is 11.1 Å². The average Bonchev–Trinajstić information content (AvgIpc) is 2.18. The number of hydrogen-bond acceptors (Lipinski definition) is 2. The van der Waals surface area contributed by atoms with E-state index in [-0.39, 0.29) is 6.42 Å². The van der Waals surface area contributed by atoms with Gasteiger partial charge in [0.05, 0.1) is 0 Å². The number of carboxylic acid groups (broad SMARTS) is 1. The van der Waals surface area contributed by atoms with E-state index in [4.69, 9.17) is 5.11 Å². The zero-order valence-corrected chi connectivity index (χ0v) is 8.60. The van der Waals surface area contributed by atoms with Crippen LogP contribution >= 0.6 is 0 Å². The van der Waals surface area contributed by atoms with Crippen LogP contribution in [0.4, 0.5) is 0 Å². The molecule has 1 aromatic carbocycles. The lowest BCUT2D eigenvalue weighted by Gasteiger charge is -2.10. The molecule has 0 saturated carbocycles. The third-order valence-corrected chi connectivity index (χ3v) is 2.25. The van der Waals surface area contributed by atoms with Crippen molar-refractivity contribution in [1.82, 2.24) is 0 Å². The van der Waals surface area contributed by atoms with Gasteiger partial charge in [0.25, 0.3) is 0 Å². The lowest BCUT2D eigenvalue weighted by Crippen LogP contribution is -2.19. The number of aliphatic hydroxyl groups excluding tert-OH is 1. The molecule has 1 rings (SSSR count). The average molecular weight is 206 g/mol. The maximum atomic E-state index is 10.5. The van der Waals surface area contributed by atoms with E-state index in [1.807, 2.05) is 31.2 Å². The fourth-order valence-electron chi connectivity index (χ4n) is 1.40. The normalized spacial score (nSPS) is 12.1. The van der Waals surface area contributed by atoms with Crippen LogP contribution in [0.15, 0.2) is 30.8 Å². The summed E-state index contributed by atoms with van der Waals surface area (Å²) < 4.78 is 0. The SMILES string of the molecule is C=C(CC(O)C(=O)O)c1ccccc1C. The minimum absolute atomic E-state index is 0.0557. The molecule has 15 heavy (non-hydrogen) atoms. The number of rotatable bonds is 4. The van der Waals surface area contributed by atoms with E-state index in [1.165, 1.54) is 0 Å². The molecule has 0 aliphatic rings. The zero-order chi connectivity index (χ0) is 11.4. The number of aliphatic carboxylic acids is 1. The van der Waals surface area contributed by atoms with Gasteiger partial charge in [-0.3, -0.25) is 0 Å². The number of carboxylic acids is 1. The highest BCUT2D eigenvalue weighted by Crippen LogP contribution is 2.21. The van der Waals surface area contributed by atoms with Crippen LogP contribution in [0.5, 0.6) is 0 Å². The first-order chi connectivity index (χ1) is 7.02. The van der Waals surface area contributed by atoms with E-state index in [1.54, 1.807) is 0 Å². The highest BCUT2D eigenvalue weighted by molar-refractivity contribution is 5.76. The van der Waals surface area contributed by atoms with Crippen LogP contribution in [-0.4, -0.2) is 22.3 Å². The van der Waals surface area contributed by atoms with Crippen LogP contribution in [0, 0.1) is 6.92 Å². The van der Waals surface area contributed by atoms with Crippen molar-refractivity contribution in [2.75, 3.05) is 0 Å². The molecule has 0 radical (unpaired) electrons. The van der Waals surface area contributed by atoms with Gasteiger partial charge in [-0.05, 0) is 23.6 Å². The largest absolute Gasteiger partial charge is 0.479 e. The molecule has 0 bridgehead atoms. The monoisotopic (exact) mass is 206 g/mol. The number of carbonyl (C=O) groups is 1. The number of hydrogen-bond donors (Lipinski definition) is 2. The van der Waals surface area contributed by atoms with Crippen LogP contribution < -0.4 is 0 Å². The second-order valence-corrected chi connectivity index (χ2v) is 3.48. The van der Waals surface area contributed by atoms with Gasteiger partial charge in [0.1, 0.15) is 0 Å². The number of aliphatic hydroxyl groups is 1. The van der Waals surface area contributed by atoms with E-state index in [2.05, 4.69) is 6.58 Å². The highest BCUT2D eigenvalue weighted by atomic mass is 16.4. The summed E-state index contributed by atoms with van der Waals surface area (Å²) in [5.74, 6) is -1.22. The number of benzene rings is 1. The Labute approximate surface area is 88.7 Å². The Balaban J connectivity index is 2.78. The summed E-state index contributed by atoms with van der Waals surface area (Å²) in [5, 5.41) is 17.7. The first-order valence-corrected chi connectivity index (χ1v) is 4.67. The Morgan fingerprint density at radius 3 is 2.60 bits per heavy atom. The fraction of sp³-hybridized carbons (Fsp3) is 0.250. The Morgan fingerprint density at radius 2 is 2.07 bits per heavy atom. The summed E-state index contributed by atoms with van der Waals surface area (Å²) >= 11 is 0. The van der Waals surface area contributed by atoms with Crippen molar-refractivity contribution in [3.05, 3.63) is 42.0 Å². The van der Waals surface area contributed by atoms with E-state index < -0.39 is 12.1 Å². The third-order valence-electron chi connectivity index (χ3n) is 2.25. The summed E-state index contributed by atoms with van der Waals surface area (Å²) in [6.07, 6.45) is -1.32. The summed E-state index contributed by atoms with van der Waals surface area (Å²) in [6.45, 7) is 5.71. The van der Waals surface area contributed by atoms with E-state index in [0.29, 0.717) is 5.57 Å². The first kappa shape index (κ1) is 11.5. The smallest absolute Gasteiger partial charge is 0.332 e. The topological polar surface area (TPSA) is 57.5 Å². The molecular weight excluding hydrogens is 192 g/mol. The molecule has 0 aliphatic carbocycles. The van der Waals surface area contributed by atoms with Crippen LogP contribution in [-0.2, 0) is 4.79 Å². The molecule has 0 saturated heterocycles. The molecular formula is C12H14O3. The van der Waals surface area contributed by atoms with Crippen LogP contribution in [0.1, 0.15) is 17.5 Å². The maximum absolute atomic E-state index is 10.5. The van der Waals surface area contributed by atoms with Crippen molar-refractivity contribution >= 4 is 11.5 Å². The standard InChI is InChI=1S/C12H14O3/c1-8-5-3-4-6-10(8)9(2)7-11(13)12(14)15/h3-6,11,13H,2,7H2,1H3,(H,14,15). The van der Waals surface area contributed by atoms with Gasteiger partial charge in [-0.1, -0.05) is 30.8 Å². The number of aryl methyl sites for hydroxylation is 1. The Morgan fingerprint density at radius 1 is 1.47 bits per heavy atom. The second kappa shape index (κ2) is 4.75. The molecule has 2 N–H and O–H groups in total. The van der Waals surface area contributed by atoms with Crippen LogP contribution in [0.25, 0.3) is 5.57 Å². The van der Waals surface area contributed by atoms with Crippen molar-refractivity contribution in [3.8, 4) is 0 Å². The van der Waals surface area contributed by atoms with Gasteiger partial charge in [-0.2, -0.15) is 0 Å². The van der Waals surface area contributed by atoms with Gasteiger partial charge in [-0.25, -0.2) is 4.79 Å². The molecule has 0 aliphatic heterocycles. The molecule has 3 heteroatoms. The van der Waals surface area contributed by atoms with Gasteiger partial charge in [-0.15, -0.1) is 0 Å². The van der Waals surface area contributed by atoms with E-state index >= 15 is 0 Å². The van der Waals surface area contributed by atoms with Crippen molar-refractivity contribution in [1.29, 1.82) is 0 Å². The lowest BCUT2D eigenvalue weighted by molar-refractivity contribution is -0.146. The summed E-state index contributed by atoms with van der Waals surface area (Å²) in [5.41, 5.74) is 2.57. The Bertz CT molecular complexity index is 382. The molecule has 1 aromatic rings. The molecule has 0 aromatic heterocycles. The lowest BCUT2D eigenvalue weighted by atomic mass is 9.97. The molecule has 0 amide bonds. The molecule has 0 heterocycles. The Hall–Kier alpha value is -1.61. The van der Waals surface area contributed by atoms with Gasteiger partial charge in [0.2, 0.25) is 0 Å². The molecule has 0 spiro atoms. The minimum atomic E-state index is -1.38. The minimum Gasteiger partial charge on any atom is -0.479 e. The van der Waals surface area contributed by atoms with Gasteiger partial charge < -0.3 is 10.2 Å². The third kappa shape index (κ3) is 2.92. The fourth-order valence-corrected chi connectivity index (χ4v) is 1.40. The second-order valence-electron chi connectivity index (χ2n) is 3.48. The van der Waals surface area contributed by atoms with Gasteiger partial charge >= 0.3 is 5.97 Å². The molecule has 3 nitrogen and oxygen atoms in total. The summed E-state index contributed by atoms with van der Waals surface area (Å²) in [4.78, 5) is 10.5. The van der Waals surface area contributed by atoms with Gasteiger partial charge in [0.15, 0.2) is 6.10 Å². The summed E-state index contributed by atoms with van der Waals surface area (Å²) in [6, 6.07) is 7.56. The highest BCUT2D eigenvalue weighted by Gasteiger charge is 2.15. The van der Waals surface area contributed by atoms with Crippen LogP contribution in [0.3, 0.4) is 0 Å². The quantitative estimate of drug-likeness (QED) is 0.790. The van der Waals surface area contributed by atoms with Crippen molar-refractivity contribution < 1.29 is 15.0 Å². The molecule has 0 fully saturated rings. The van der Waals surface area contributed by atoms with Crippen molar-refractivity contribution in [2.24, 2.45) is 0 Å². The van der Waals surface area contributed by atoms with Crippen LogP contribution in [0.2, 0.25) is 0 Å². The molecule has 1 atom stereocenters. The Kier molecular flexibility index (Phi) is 3.63. The van der Waals surface area contributed by atoms with Crippen molar-refractivity contribution in [3.63, 3.8) is 0 Å². The first-order valence-electron chi connectivity index (χ1n) is 4.67. The summed E-state index contributed by atoms with van der Waals surface area (Å²) in [7, 11) is 0. The predicted octanol–water partition coefficient (Wildman–Crippen LogP) is 1.84. The van der Waals surface area contributed by atoms with Gasteiger partial charge in [0, 0.05) is 6.42 Å².